The van der Waals surface area contributed by atoms with Crippen LogP contribution in [0.4, 0.5) is 11.4 Å². The van der Waals surface area contributed by atoms with Gasteiger partial charge in [0.15, 0.2) is 0 Å². The SMILES string of the molecule is O=[N+]([O-])c1ccccc1CNc1ccc(OCCO)cc1. The largest absolute Gasteiger partial charge is 0.491 e. The molecule has 0 saturated heterocycles. The highest BCUT2D eigenvalue weighted by Gasteiger charge is 2.11. The van der Waals surface area contributed by atoms with Gasteiger partial charge in [0.25, 0.3) is 5.69 Å². The molecule has 110 valence electrons. The van der Waals surface area contributed by atoms with Gasteiger partial charge in [-0.1, -0.05) is 18.2 Å². The summed E-state index contributed by atoms with van der Waals surface area (Å²) in [6, 6.07) is 13.8. The maximum atomic E-state index is 10.9. The normalized spacial score (nSPS) is 10.1. The number of rotatable bonds is 7. The number of ether oxygens (including phenoxy) is 1. The molecule has 0 unspecified atom stereocenters. The number of anilines is 1. The average Bonchev–Trinajstić information content (AvgIpc) is 2.52. The number of benzene rings is 2. The molecule has 0 aromatic heterocycles. The van der Waals surface area contributed by atoms with Crippen LogP contribution < -0.4 is 10.1 Å². The van der Waals surface area contributed by atoms with Crippen LogP contribution in [0.1, 0.15) is 5.56 Å². The first-order chi connectivity index (χ1) is 10.2. The smallest absolute Gasteiger partial charge is 0.274 e. The summed E-state index contributed by atoms with van der Waals surface area (Å²) in [5, 5.41) is 22.7. The van der Waals surface area contributed by atoms with E-state index < -0.39 is 0 Å². The van der Waals surface area contributed by atoms with E-state index in [2.05, 4.69) is 5.32 Å². The number of para-hydroxylation sites is 1. The molecule has 0 spiro atoms. The molecule has 2 aromatic carbocycles. The minimum absolute atomic E-state index is 0.0301. The molecular formula is C15H16N2O4. The third-order valence-corrected chi connectivity index (χ3v) is 2.89. The van der Waals surface area contributed by atoms with Crippen LogP contribution in [0.15, 0.2) is 48.5 Å². The van der Waals surface area contributed by atoms with Gasteiger partial charge in [0, 0.05) is 23.9 Å². The van der Waals surface area contributed by atoms with Crippen molar-refractivity contribution in [3.8, 4) is 5.75 Å². The van der Waals surface area contributed by atoms with Crippen LogP contribution in [0.2, 0.25) is 0 Å². The molecule has 21 heavy (non-hydrogen) atoms. The van der Waals surface area contributed by atoms with Crippen molar-refractivity contribution >= 4 is 11.4 Å². The first-order valence-electron chi connectivity index (χ1n) is 6.50. The molecule has 0 saturated carbocycles. The van der Waals surface area contributed by atoms with Gasteiger partial charge in [-0.15, -0.1) is 0 Å². The Morgan fingerprint density at radius 1 is 1.14 bits per heavy atom. The third kappa shape index (κ3) is 4.19. The van der Waals surface area contributed by atoms with Crippen LogP contribution in [0.3, 0.4) is 0 Å². The Bertz CT molecular complexity index is 599. The van der Waals surface area contributed by atoms with Crippen LogP contribution in [-0.4, -0.2) is 23.2 Å². The predicted molar refractivity (Wildman–Crippen MR) is 79.4 cm³/mol. The fourth-order valence-electron chi connectivity index (χ4n) is 1.87. The zero-order valence-electron chi connectivity index (χ0n) is 11.4. The Morgan fingerprint density at radius 2 is 1.86 bits per heavy atom. The van der Waals surface area contributed by atoms with Crippen molar-refractivity contribution in [2.45, 2.75) is 6.54 Å². The molecule has 0 heterocycles. The van der Waals surface area contributed by atoms with Crippen LogP contribution >= 0.6 is 0 Å². The third-order valence-electron chi connectivity index (χ3n) is 2.89. The van der Waals surface area contributed by atoms with Crippen molar-refractivity contribution in [2.75, 3.05) is 18.5 Å². The van der Waals surface area contributed by atoms with Crippen LogP contribution in [0.5, 0.6) is 5.75 Å². The summed E-state index contributed by atoms with van der Waals surface area (Å²) in [7, 11) is 0. The maximum Gasteiger partial charge on any atom is 0.274 e. The molecule has 0 fully saturated rings. The first-order valence-corrected chi connectivity index (χ1v) is 6.50. The number of nitrogens with zero attached hydrogens (tertiary/aromatic N) is 1. The summed E-state index contributed by atoms with van der Waals surface area (Å²) in [6.45, 7) is 0.592. The minimum Gasteiger partial charge on any atom is -0.491 e. The number of hydrogen-bond donors (Lipinski definition) is 2. The second-order valence-electron chi connectivity index (χ2n) is 4.34. The molecule has 0 bridgehead atoms. The molecule has 0 aliphatic carbocycles. The zero-order valence-corrected chi connectivity index (χ0v) is 11.4. The molecule has 0 amide bonds. The van der Waals surface area contributed by atoms with E-state index in [0.717, 1.165) is 5.69 Å². The predicted octanol–water partition coefficient (Wildman–Crippen LogP) is 2.58. The highest BCUT2D eigenvalue weighted by Crippen LogP contribution is 2.20. The molecule has 0 atom stereocenters. The van der Waals surface area contributed by atoms with E-state index in [0.29, 0.717) is 17.9 Å². The number of nitro groups is 1. The number of nitrogens with one attached hydrogen (secondary N) is 1. The lowest BCUT2D eigenvalue weighted by Gasteiger charge is -2.08. The second kappa shape index (κ2) is 7.25. The van der Waals surface area contributed by atoms with E-state index >= 15 is 0 Å². The lowest BCUT2D eigenvalue weighted by atomic mass is 10.2. The highest BCUT2D eigenvalue weighted by atomic mass is 16.6. The maximum absolute atomic E-state index is 10.9. The first kappa shape index (κ1) is 14.8. The topological polar surface area (TPSA) is 84.6 Å². The van der Waals surface area contributed by atoms with Gasteiger partial charge in [0.2, 0.25) is 0 Å². The van der Waals surface area contributed by atoms with Crippen molar-refractivity contribution in [2.24, 2.45) is 0 Å². The summed E-state index contributed by atoms with van der Waals surface area (Å²) in [4.78, 5) is 10.5. The number of nitro benzene ring substituents is 1. The monoisotopic (exact) mass is 288 g/mol. The Hall–Kier alpha value is -2.60. The van der Waals surface area contributed by atoms with Crippen molar-refractivity contribution in [3.63, 3.8) is 0 Å². The Balaban J connectivity index is 1.98. The summed E-state index contributed by atoms with van der Waals surface area (Å²) >= 11 is 0. The Labute approximate surface area is 122 Å². The highest BCUT2D eigenvalue weighted by molar-refractivity contribution is 5.49. The quantitative estimate of drug-likeness (QED) is 0.604. The van der Waals surface area contributed by atoms with Gasteiger partial charge < -0.3 is 15.2 Å². The van der Waals surface area contributed by atoms with Crippen molar-refractivity contribution in [1.82, 2.24) is 0 Å². The summed E-state index contributed by atoms with van der Waals surface area (Å²) in [5.74, 6) is 0.667. The van der Waals surface area contributed by atoms with E-state index in [1.165, 1.54) is 6.07 Å². The van der Waals surface area contributed by atoms with Gasteiger partial charge in [0.1, 0.15) is 12.4 Å². The summed E-state index contributed by atoms with van der Waals surface area (Å²) < 4.78 is 5.26. The van der Waals surface area contributed by atoms with Crippen molar-refractivity contribution < 1.29 is 14.8 Å². The minimum atomic E-state index is -0.386. The lowest BCUT2D eigenvalue weighted by molar-refractivity contribution is -0.385. The zero-order chi connectivity index (χ0) is 15.1. The van der Waals surface area contributed by atoms with E-state index in [4.69, 9.17) is 9.84 Å². The van der Waals surface area contributed by atoms with Gasteiger partial charge in [-0.25, -0.2) is 0 Å². The summed E-state index contributed by atoms with van der Waals surface area (Å²) in [5.41, 5.74) is 1.57. The van der Waals surface area contributed by atoms with Crippen LogP contribution in [-0.2, 0) is 6.54 Å². The Kier molecular flexibility index (Phi) is 5.11. The van der Waals surface area contributed by atoms with Crippen molar-refractivity contribution in [3.05, 3.63) is 64.2 Å². The molecule has 0 aliphatic rings. The molecule has 2 N–H and O–H groups in total. The van der Waals surface area contributed by atoms with E-state index in [1.54, 1.807) is 30.3 Å². The van der Waals surface area contributed by atoms with E-state index in [9.17, 15) is 10.1 Å². The van der Waals surface area contributed by atoms with Gasteiger partial charge in [-0.3, -0.25) is 10.1 Å². The molecular weight excluding hydrogens is 272 g/mol. The van der Waals surface area contributed by atoms with Gasteiger partial charge in [0.05, 0.1) is 11.5 Å². The number of aliphatic hydroxyl groups is 1. The van der Waals surface area contributed by atoms with Gasteiger partial charge >= 0.3 is 0 Å². The second-order valence-corrected chi connectivity index (χ2v) is 4.34. The van der Waals surface area contributed by atoms with E-state index in [-0.39, 0.29) is 23.8 Å². The lowest BCUT2D eigenvalue weighted by Crippen LogP contribution is -2.03. The van der Waals surface area contributed by atoms with E-state index in [1.807, 2.05) is 12.1 Å². The van der Waals surface area contributed by atoms with Gasteiger partial charge in [-0.2, -0.15) is 0 Å². The molecule has 6 nitrogen and oxygen atoms in total. The fourth-order valence-corrected chi connectivity index (χ4v) is 1.87. The molecule has 0 aliphatic heterocycles. The van der Waals surface area contributed by atoms with Crippen molar-refractivity contribution in [1.29, 1.82) is 0 Å². The average molecular weight is 288 g/mol. The van der Waals surface area contributed by atoms with Gasteiger partial charge in [-0.05, 0) is 24.3 Å². The molecule has 2 aromatic rings. The van der Waals surface area contributed by atoms with Crippen LogP contribution in [0.25, 0.3) is 0 Å². The fraction of sp³-hybridized carbons (Fsp3) is 0.200. The molecule has 0 radical (unpaired) electrons. The molecule has 2 rings (SSSR count). The number of aliphatic hydroxyl groups excluding tert-OH is 1. The summed E-state index contributed by atoms with van der Waals surface area (Å²) in [6.07, 6.45) is 0. The van der Waals surface area contributed by atoms with Crippen LogP contribution in [0, 0.1) is 10.1 Å². The standard InChI is InChI=1S/C15H16N2O4/c18-9-10-21-14-7-5-13(6-8-14)16-11-12-3-1-2-4-15(12)17(19)20/h1-8,16,18H,9-11H2. The Morgan fingerprint density at radius 3 is 2.52 bits per heavy atom. The number of hydrogen-bond acceptors (Lipinski definition) is 5. The molecule has 6 heteroatoms.